The smallest absolute Gasteiger partial charge is 0.254 e. The highest BCUT2D eigenvalue weighted by molar-refractivity contribution is 5.94. The van der Waals surface area contributed by atoms with Gasteiger partial charge in [-0.2, -0.15) is 0 Å². The van der Waals surface area contributed by atoms with Crippen LogP contribution in [0.4, 0.5) is 4.39 Å². The number of carbonyl (C=O) groups is 1. The molecule has 0 radical (unpaired) electrons. The van der Waals surface area contributed by atoms with Crippen molar-refractivity contribution in [1.82, 2.24) is 5.32 Å². The second kappa shape index (κ2) is 6.27. The van der Waals surface area contributed by atoms with Crippen molar-refractivity contribution in [2.45, 2.75) is 38.7 Å². The molecule has 1 amide bonds. The van der Waals surface area contributed by atoms with Gasteiger partial charge in [0.15, 0.2) is 0 Å². The van der Waals surface area contributed by atoms with Crippen molar-refractivity contribution in [2.24, 2.45) is 0 Å². The molecule has 2 aromatic rings. The Morgan fingerprint density at radius 3 is 2.71 bits per heavy atom. The van der Waals surface area contributed by atoms with E-state index >= 15 is 0 Å². The fourth-order valence-corrected chi connectivity index (χ4v) is 2.85. The number of ether oxygens (including phenoxy) is 1. The van der Waals surface area contributed by atoms with Crippen LogP contribution in [0.25, 0.3) is 0 Å². The van der Waals surface area contributed by atoms with E-state index in [0.29, 0.717) is 6.54 Å². The van der Waals surface area contributed by atoms with Gasteiger partial charge in [-0.25, -0.2) is 4.39 Å². The molecule has 1 N–H and O–H groups in total. The molecule has 1 heterocycles. The third kappa shape index (κ3) is 3.42. The van der Waals surface area contributed by atoms with E-state index in [1.165, 1.54) is 17.7 Å². The van der Waals surface area contributed by atoms with Crippen molar-refractivity contribution < 1.29 is 13.9 Å². The summed E-state index contributed by atoms with van der Waals surface area (Å²) in [5.41, 5.74) is 2.57. The van der Waals surface area contributed by atoms with Crippen molar-refractivity contribution in [3.05, 3.63) is 65.0 Å². The van der Waals surface area contributed by atoms with Gasteiger partial charge in [-0.05, 0) is 34.7 Å². The van der Waals surface area contributed by atoms with E-state index in [1.54, 1.807) is 12.1 Å². The largest absolute Gasteiger partial charge is 0.488 e. The third-order valence-electron chi connectivity index (χ3n) is 4.28. The summed E-state index contributed by atoms with van der Waals surface area (Å²) in [7, 11) is 0. The molecule has 4 heteroatoms. The molecule has 2 aromatic carbocycles. The summed E-state index contributed by atoms with van der Waals surface area (Å²) >= 11 is 0. The Balaban J connectivity index is 1.62. The van der Waals surface area contributed by atoms with Gasteiger partial charge >= 0.3 is 0 Å². The van der Waals surface area contributed by atoms with Gasteiger partial charge < -0.3 is 10.1 Å². The van der Waals surface area contributed by atoms with Crippen LogP contribution in [-0.4, -0.2) is 18.6 Å². The Labute approximate surface area is 141 Å². The standard InChI is InChI=1S/C20H22FNO2/c1-20(2,3)14-8-9-18-13(10-14)11-15(24-18)12-22-19(23)16-6-4-5-7-17(16)21/h4-10,15H,11-12H2,1-3H3,(H,22,23)/t15-/m0/s1. The molecule has 1 aliphatic rings. The van der Waals surface area contributed by atoms with Crippen LogP contribution in [0.3, 0.4) is 0 Å². The van der Waals surface area contributed by atoms with Crippen LogP contribution < -0.4 is 10.1 Å². The Morgan fingerprint density at radius 2 is 2.00 bits per heavy atom. The summed E-state index contributed by atoms with van der Waals surface area (Å²) in [5.74, 6) is -0.0587. The van der Waals surface area contributed by atoms with E-state index in [2.05, 4.69) is 38.2 Å². The van der Waals surface area contributed by atoms with E-state index in [0.717, 1.165) is 17.7 Å². The predicted molar refractivity (Wildman–Crippen MR) is 92.0 cm³/mol. The lowest BCUT2D eigenvalue weighted by Gasteiger charge is -2.19. The van der Waals surface area contributed by atoms with Crippen LogP contribution in [0.1, 0.15) is 42.3 Å². The number of halogens is 1. The lowest BCUT2D eigenvalue weighted by Crippen LogP contribution is -2.34. The van der Waals surface area contributed by atoms with Gasteiger partial charge in [0.2, 0.25) is 0 Å². The summed E-state index contributed by atoms with van der Waals surface area (Å²) in [4.78, 5) is 12.1. The molecule has 0 saturated carbocycles. The average Bonchev–Trinajstić information content (AvgIpc) is 2.94. The number of rotatable bonds is 3. The molecule has 0 spiro atoms. The van der Waals surface area contributed by atoms with Gasteiger partial charge in [0.25, 0.3) is 5.91 Å². The monoisotopic (exact) mass is 327 g/mol. The molecule has 0 fully saturated rings. The molecule has 0 aliphatic carbocycles. The highest BCUT2D eigenvalue weighted by Gasteiger charge is 2.25. The van der Waals surface area contributed by atoms with Gasteiger partial charge in [0, 0.05) is 6.42 Å². The normalized spacial score (nSPS) is 16.4. The van der Waals surface area contributed by atoms with Crippen LogP contribution in [0.2, 0.25) is 0 Å². The highest BCUT2D eigenvalue weighted by Crippen LogP contribution is 2.33. The zero-order valence-electron chi connectivity index (χ0n) is 14.2. The minimum absolute atomic E-state index is 0.0584. The van der Waals surface area contributed by atoms with Gasteiger partial charge in [-0.3, -0.25) is 4.79 Å². The van der Waals surface area contributed by atoms with Crippen molar-refractivity contribution in [3.63, 3.8) is 0 Å². The molecule has 24 heavy (non-hydrogen) atoms. The molecular weight excluding hydrogens is 305 g/mol. The zero-order valence-corrected chi connectivity index (χ0v) is 14.2. The Hall–Kier alpha value is -2.36. The first-order valence-corrected chi connectivity index (χ1v) is 8.17. The molecule has 0 bridgehead atoms. The lowest BCUT2D eigenvalue weighted by molar-refractivity contribution is 0.0929. The maximum atomic E-state index is 13.6. The van der Waals surface area contributed by atoms with Crippen LogP contribution >= 0.6 is 0 Å². The maximum absolute atomic E-state index is 13.6. The first-order chi connectivity index (χ1) is 11.3. The number of hydrogen-bond donors (Lipinski definition) is 1. The van der Waals surface area contributed by atoms with Gasteiger partial charge in [0.1, 0.15) is 17.7 Å². The van der Waals surface area contributed by atoms with E-state index < -0.39 is 11.7 Å². The van der Waals surface area contributed by atoms with E-state index in [4.69, 9.17) is 4.74 Å². The van der Waals surface area contributed by atoms with Crippen molar-refractivity contribution in [3.8, 4) is 5.75 Å². The average molecular weight is 327 g/mol. The minimum Gasteiger partial charge on any atom is -0.488 e. The summed E-state index contributed by atoms with van der Waals surface area (Å²) < 4.78 is 19.5. The van der Waals surface area contributed by atoms with Crippen LogP contribution in [0.15, 0.2) is 42.5 Å². The summed E-state index contributed by atoms with van der Waals surface area (Å²) in [6.45, 7) is 6.89. The highest BCUT2D eigenvalue weighted by atomic mass is 19.1. The second-order valence-electron chi connectivity index (χ2n) is 7.21. The van der Waals surface area contributed by atoms with Crippen molar-refractivity contribution in [1.29, 1.82) is 0 Å². The fourth-order valence-electron chi connectivity index (χ4n) is 2.85. The summed E-state index contributed by atoms with van der Waals surface area (Å²) in [6, 6.07) is 12.2. The SMILES string of the molecule is CC(C)(C)c1ccc2c(c1)C[C@@H](CNC(=O)c1ccccc1F)O2. The fraction of sp³-hybridized carbons (Fsp3) is 0.350. The first-order valence-electron chi connectivity index (χ1n) is 8.17. The first kappa shape index (κ1) is 16.5. The summed E-state index contributed by atoms with van der Waals surface area (Å²) in [5, 5.41) is 2.76. The van der Waals surface area contributed by atoms with Crippen molar-refractivity contribution >= 4 is 5.91 Å². The molecule has 1 aliphatic heterocycles. The van der Waals surface area contributed by atoms with Crippen molar-refractivity contribution in [2.75, 3.05) is 6.54 Å². The van der Waals surface area contributed by atoms with Gasteiger partial charge in [-0.15, -0.1) is 0 Å². The Bertz CT molecular complexity index is 764. The molecule has 3 nitrogen and oxygen atoms in total. The molecule has 0 aromatic heterocycles. The summed E-state index contributed by atoms with van der Waals surface area (Å²) in [6.07, 6.45) is 0.627. The zero-order chi connectivity index (χ0) is 17.3. The molecule has 0 unspecified atom stereocenters. The Morgan fingerprint density at radius 1 is 1.25 bits per heavy atom. The van der Waals surface area contributed by atoms with Gasteiger partial charge in [0.05, 0.1) is 12.1 Å². The Kier molecular flexibility index (Phi) is 4.31. The lowest BCUT2D eigenvalue weighted by atomic mass is 9.86. The maximum Gasteiger partial charge on any atom is 0.254 e. The molecule has 0 saturated heterocycles. The topological polar surface area (TPSA) is 38.3 Å². The van der Waals surface area contributed by atoms with Crippen LogP contribution in [-0.2, 0) is 11.8 Å². The van der Waals surface area contributed by atoms with E-state index in [-0.39, 0.29) is 17.1 Å². The molecule has 126 valence electrons. The molecule has 1 atom stereocenters. The number of amides is 1. The number of fused-ring (bicyclic) bond motifs is 1. The van der Waals surface area contributed by atoms with Crippen LogP contribution in [0, 0.1) is 5.82 Å². The van der Waals surface area contributed by atoms with E-state index in [1.807, 2.05) is 6.07 Å². The molecule has 3 rings (SSSR count). The number of hydrogen-bond acceptors (Lipinski definition) is 2. The second-order valence-corrected chi connectivity index (χ2v) is 7.21. The number of benzene rings is 2. The number of nitrogens with one attached hydrogen (secondary N) is 1. The quantitative estimate of drug-likeness (QED) is 0.930. The minimum atomic E-state index is -0.513. The third-order valence-corrected chi connectivity index (χ3v) is 4.28. The molecular formula is C20H22FNO2. The van der Waals surface area contributed by atoms with E-state index in [9.17, 15) is 9.18 Å². The van der Waals surface area contributed by atoms with Gasteiger partial charge in [-0.1, -0.05) is 45.0 Å². The van der Waals surface area contributed by atoms with Crippen LogP contribution in [0.5, 0.6) is 5.75 Å². The number of carbonyl (C=O) groups excluding carboxylic acids is 1. The predicted octanol–water partition coefficient (Wildman–Crippen LogP) is 3.86.